The van der Waals surface area contributed by atoms with E-state index >= 15 is 0 Å². The number of nitrogens with one attached hydrogen (secondary N) is 1. The summed E-state index contributed by atoms with van der Waals surface area (Å²) in [4.78, 5) is 20.6. The maximum Gasteiger partial charge on any atom is 0.291 e. The van der Waals surface area contributed by atoms with Crippen LogP contribution < -0.4 is 5.32 Å². The standard InChI is InChI=1S/C20H23N5OS/c1-2-24-12-6-10-16(24)14-21-20(26)18-22-19(17-11-7-13-27-17)25(23-18)15-8-4-3-5-9-15/h3-5,7-9,11,13,16H,2,6,10,12,14H2,1H3,(H,21,26). The fourth-order valence-corrected chi connectivity index (χ4v) is 4.25. The van der Waals surface area contributed by atoms with E-state index in [1.807, 2.05) is 47.8 Å². The van der Waals surface area contributed by atoms with Crippen LogP contribution in [0.15, 0.2) is 47.8 Å². The molecule has 0 spiro atoms. The number of hydrogen-bond donors (Lipinski definition) is 1. The van der Waals surface area contributed by atoms with Gasteiger partial charge in [-0.05, 0) is 49.5 Å². The largest absolute Gasteiger partial charge is 0.348 e. The van der Waals surface area contributed by atoms with Crippen LogP contribution >= 0.6 is 11.3 Å². The molecule has 0 saturated carbocycles. The Labute approximate surface area is 162 Å². The minimum atomic E-state index is -0.217. The normalized spacial score (nSPS) is 17.3. The van der Waals surface area contributed by atoms with Gasteiger partial charge in [-0.3, -0.25) is 9.69 Å². The minimum Gasteiger partial charge on any atom is -0.348 e. The van der Waals surface area contributed by atoms with Crippen molar-refractivity contribution in [1.29, 1.82) is 0 Å². The molecule has 4 rings (SSSR count). The lowest BCUT2D eigenvalue weighted by molar-refractivity contribution is 0.0931. The molecule has 1 aliphatic rings. The monoisotopic (exact) mass is 381 g/mol. The summed E-state index contributed by atoms with van der Waals surface area (Å²) in [5.74, 6) is 0.686. The van der Waals surface area contributed by atoms with E-state index in [1.165, 1.54) is 6.42 Å². The molecule has 1 unspecified atom stereocenters. The SMILES string of the molecule is CCN1CCCC1CNC(=O)c1nc(-c2cccs2)n(-c2ccccc2)n1. The van der Waals surface area contributed by atoms with Crippen LogP contribution in [0, 0.1) is 0 Å². The summed E-state index contributed by atoms with van der Waals surface area (Å²) in [6.07, 6.45) is 2.32. The minimum absolute atomic E-state index is 0.211. The van der Waals surface area contributed by atoms with Crippen molar-refractivity contribution in [3.05, 3.63) is 53.7 Å². The highest BCUT2D eigenvalue weighted by Gasteiger charge is 2.25. The Bertz CT molecular complexity index is 891. The highest BCUT2D eigenvalue weighted by Crippen LogP contribution is 2.25. The van der Waals surface area contributed by atoms with Crippen molar-refractivity contribution in [3.8, 4) is 16.4 Å². The van der Waals surface area contributed by atoms with Gasteiger partial charge in [0.1, 0.15) is 0 Å². The van der Waals surface area contributed by atoms with Crippen LogP contribution in [0.1, 0.15) is 30.4 Å². The number of likely N-dealkylation sites (N-methyl/N-ethyl adjacent to an activating group) is 1. The topological polar surface area (TPSA) is 63.1 Å². The van der Waals surface area contributed by atoms with Crippen LogP contribution in [0.5, 0.6) is 0 Å². The molecule has 1 atom stereocenters. The van der Waals surface area contributed by atoms with Gasteiger partial charge in [-0.15, -0.1) is 16.4 Å². The molecule has 1 fully saturated rings. The molecule has 27 heavy (non-hydrogen) atoms. The van der Waals surface area contributed by atoms with Gasteiger partial charge in [-0.2, -0.15) is 0 Å². The number of nitrogens with zero attached hydrogens (tertiary/aromatic N) is 4. The molecular formula is C20H23N5OS. The summed E-state index contributed by atoms with van der Waals surface area (Å²) >= 11 is 1.59. The number of amides is 1. The van der Waals surface area contributed by atoms with E-state index in [0.717, 1.165) is 30.1 Å². The predicted molar refractivity (Wildman–Crippen MR) is 107 cm³/mol. The Morgan fingerprint density at radius 2 is 2.11 bits per heavy atom. The molecule has 140 valence electrons. The third-order valence-electron chi connectivity index (χ3n) is 4.96. The van der Waals surface area contributed by atoms with Crippen LogP contribution in [-0.4, -0.2) is 51.2 Å². The Balaban J connectivity index is 1.57. The first-order chi connectivity index (χ1) is 13.3. The highest BCUT2D eigenvalue weighted by molar-refractivity contribution is 7.13. The van der Waals surface area contributed by atoms with E-state index in [-0.39, 0.29) is 11.7 Å². The predicted octanol–water partition coefficient (Wildman–Crippen LogP) is 3.21. The number of rotatable bonds is 6. The van der Waals surface area contributed by atoms with Crippen molar-refractivity contribution < 1.29 is 4.79 Å². The number of thiophene rings is 1. The van der Waals surface area contributed by atoms with Crippen LogP contribution in [0.2, 0.25) is 0 Å². The quantitative estimate of drug-likeness (QED) is 0.712. The summed E-state index contributed by atoms with van der Waals surface area (Å²) < 4.78 is 1.74. The first-order valence-electron chi connectivity index (χ1n) is 9.35. The van der Waals surface area contributed by atoms with Crippen molar-refractivity contribution >= 4 is 17.2 Å². The number of para-hydroxylation sites is 1. The van der Waals surface area contributed by atoms with Gasteiger partial charge in [0.05, 0.1) is 10.6 Å². The molecule has 0 aliphatic carbocycles. The van der Waals surface area contributed by atoms with Crippen molar-refractivity contribution in [2.75, 3.05) is 19.6 Å². The molecule has 2 aromatic heterocycles. The van der Waals surface area contributed by atoms with Gasteiger partial charge in [-0.1, -0.05) is 31.2 Å². The molecule has 1 amide bonds. The highest BCUT2D eigenvalue weighted by atomic mass is 32.1. The van der Waals surface area contributed by atoms with E-state index in [0.29, 0.717) is 18.4 Å². The summed E-state index contributed by atoms with van der Waals surface area (Å²) in [6.45, 7) is 4.93. The summed E-state index contributed by atoms with van der Waals surface area (Å²) in [5, 5.41) is 9.53. The second kappa shape index (κ2) is 8.02. The Hall–Kier alpha value is -2.51. The zero-order valence-electron chi connectivity index (χ0n) is 15.3. The summed E-state index contributed by atoms with van der Waals surface area (Å²) in [5.41, 5.74) is 0.889. The van der Waals surface area contributed by atoms with Crippen molar-refractivity contribution in [3.63, 3.8) is 0 Å². The van der Waals surface area contributed by atoms with Gasteiger partial charge >= 0.3 is 0 Å². The number of aromatic nitrogens is 3. The van der Waals surface area contributed by atoms with E-state index in [9.17, 15) is 4.79 Å². The van der Waals surface area contributed by atoms with E-state index < -0.39 is 0 Å². The number of likely N-dealkylation sites (tertiary alicyclic amines) is 1. The Kier molecular flexibility index (Phi) is 5.31. The summed E-state index contributed by atoms with van der Waals surface area (Å²) in [6, 6.07) is 14.2. The molecule has 0 bridgehead atoms. The zero-order chi connectivity index (χ0) is 18.6. The maximum absolute atomic E-state index is 12.7. The second-order valence-corrected chi connectivity index (χ2v) is 7.57. The fourth-order valence-electron chi connectivity index (χ4n) is 3.55. The lowest BCUT2D eigenvalue weighted by atomic mass is 10.2. The van der Waals surface area contributed by atoms with Gasteiger partial charge in [0.2, 0.25) is 5.82 Å². The maximum atomic E-state index is 12.7. The molecule has 0 radical (unpaired) electrons. The van der Waals surface area contributed by atoms with Gasteiger partial charge < -0.3 is 5.32 Å². The fraction of sp³-hybridized carbons (Fsp3) is 0.350. The number of benzene rings is 1. The van der Waals surface area contributed by atoms with E-state index in [2.05, 4.69) is 27.2 Å². The Morgan fingerprint density at radius 3 is 2.85 bits per heavy atom. The lowest BCUT2D eigenvalue weighted by Crippen LogP contribution is -2.40. The molecule has 1 N–H and O–H groups in total. The summed E-state index contributed by atoms with van der Waals surface area (Å²) in [7, 11) is 0. The molecular weight excluding hydrogens is 358 g/mol. The van der Waals surface area contributed by atoms with Gasteiger partial charge in [-0.25, -0.2) is 9.67 Å². The molecule has 1 saturated heterocycles. The number of carbonyl (C=O) groups excluding carboxylic acids is 1. The van der Waals surface area contributed by atoms with E-state index in [4.69, 9.17) is 0 Å². The van der Waals surface area contributed by atoms with Crippen LogP contribution in [-0.2, 0) is 0 Å². The third kappa shape index (κ3) is 3.79. The van der Waals surface area contributed by atoms with Crippen LogP contribution in [0.3, 0.4) is 0 Å². The average molecular weight is 382 g/mol. The number of carbonyl (C=O) groups is 1. The smallest absolute Gasteiger partial charge is 0.291 e. The van der Waals surface area contributed by atoms with E-state index in [1.54, 1.807) is 16.0 Å². The van der Waals surface area contributed by atoms with Crippen molar-refractivity contribution in [1.82, 2.24) is 25.0 Å². The zero-order valence-corrected chi connectivity index (χ0v) is 16.2. The molecule has 3 heterocycles. The van der Waals surface area contributed by atoms with Crippen molar-refractivity contribution in [2.45, 2.75) is 25.8 Å². The van der Waals surface area contributed by atoms with Gasteiger partial charge in [0.15, 0.2) is 5.82 Å². The molecule has 6 nitrogen and oxygen atoms in total. The van der Waals surface area contributed by atoms with Gasteiger partial charge in [0, 0.05) is 12.6 Å². The van der Waals surface area contributed by atoms with Crippen LogP contribution in [0.4, 0.5) is 0 Å². The number of hydrogen-bond acceptors (Lipinski definition) is 5. The van der Waals surface area contributed by atoms with Crippen molar-refractivity contribution in [2.24, 2.45) is 0 Å². The average Bonchev–Trinajstić information content (AvgIpc) is 3.46. The molecule has 7 heteroatoms. The second-order valence-electron chi connectivity index (χ2n) is 6.62. The lowest BCUT2D eigenvalue weighted by Gasteiger charge is -2.22. The first kappa shape index (κ1) is 17.9. The van der Waals surface area contributed by atoms with Crippen LogP contribution in [0.25, 0.3) is 16.4 Å². The van der Waals surface area contributed by atoms with Gasteiger partial charge in [0.25, 0.3) is 5.91 Å². The first-order valence-corrected chi connectivity index (χ1v) is 10.2. The molecule has 1 aliphatic heterocycles. The Morgan fingerprint density at radius 1 is 1.26 bits per heavy atom. The molecule has 1 aromatic carbocycles. The molecule has 3 aromatic rings. The third-order valence-corrected chi connectivity index (χ3v) is 5.82.